The Bertz CT molecular complexity index is 467. The average molecular weight is 257 g/mol. The summed E-state index contributed by atoms with van der Waals surface area (Å²) in [5, 5.41) is 0. The first-order valence-electron chi connectivity index (χ1n) is 7.46. The van der Waals surface area contributed by atoms with Crippen LogP contribution in [0, 0.1) is 6.92 Å². The predicted octanol–water partition coefficient (Wildman–Crippen LogP) is 5.26. The Kier molecular flexibility index (Phi) is 6.55. The van der Waals surface area contributed by atoms with Gasteiger partial charge in [-0.2, -0.15) is 0 Å². The zero-order chi connectivity index (χ0) is 14.3. The molecule has 1 aliphatic carbocycles. The van der Waals surface area contributed by atoms with Gasteiger partial charge in [0, 0.05) is 18.3 Å². The molecule has 0 amide bonds. The first-order chi connectivity index (χ1) is 9.20. The molecular formula is C18H27N. The highest BCUT2D eigenvalue weighted by atomic mass is 14.7. The van der Waals surface area contributed by atoms with Gasteiger partial charge in [0.15, 0.2) is 0 Å². The van der Waals surface area contributed by atoms with E-state index in [1.807, 2.05) is 27.0 Å². The van der Waals surface area contributed by atoms with Crippen LogP contribution in [0.1, 0.15) is 57.2 Å². The summed E-state index contributed by atoms with van der Waals surface area (Å²) in [5.41, 5.74) is 7.05. The Morgan fingerprint density at radius 2 is 1.79 bits per heavy atom. The summed E-state index contributed by atoms with van der Waals surface area (Å²) < 4.78 is 0. The molecule has 0 atom stereocenters. The molecule has 0 spiro atoms. The zero-order valence-electron chi connectivity index (χ0n) is 13.1. The van der Waals surface area contributed by atoms with Crippen LogP contribution >= 0.6 is 0 Å². The smallest absolute Gasteiger partial charge is 0.0432 e. The van der Waals surface area contributed by atoms with E-state index in [2.05, 4.69) is 37.0 Å². The van der Waals surface area contributed by atoms with Crippen molar-refractivity contribution in [3.63, 3.8) is 0 Å². The number of aliphatic imine (C=N–C) groups is 1. The Balaban J connectivity index is 0.000000861. The second-order valence-corrected chi connectivity index (χ2v) is 4.92. The molecule has 0 aromatic heterocycles. The third kappa shape index (κ3) is 4.34. The monoisotopic (exact) mass is 257 g/mol. The van der Waals surface area contributed by atoms with Crippen LogP contribution in [0.2, 0.25) is 0 Å². The second-order valence-electron chi connectivity index (χ2n) is 4.92. The van der Waals surface area contributed by atoms with Gasteiger partial charge >= 0.3 is 0 Å². The molecule has 1 nitrogen and oxygen atoms in total. The standard InChI is InChI=1S/C16H21N.C2H6/c1-4-17-16-11-15-9-8-12(2)10-14(15)7-5-6-13(16)3;1-2/h4,8-10H,5-7,11H2,1-3H3;1-2H3/b16-13+,17-4?;. The van der Waals surface area contributed by atoms with E-state index < -0.39 is 0 Å². The van der Waals surface area contributed by atoms with Crippen LogP contribution in [0.5, 0.6) is 0 Å². The van der Waals surface area contributed by atoms with Gasteiger partial charge in [0.25, 0.3) is 0 Å². The fourth-order valence-electron chi connectivity index (χ4n) is 2.49. The Hall–Kier alpha value is -1.37. The molecule has 0 fully saturated rings. The highest BCUT2D eigenvalue weighted by Crippen LogP contribution is 2.25. The van der Waals surface area contributed by atoms with Crippen LogP contribution in [0.4, 0.5) is 0 Å². The summed E-state index contributed by atoms with van der Waals surface area (Å²) in [4.78, 5) is 4.54. The lowest BCUT2D eigenvalue weighted by Crippen LogP contribution is -2.03. The molecule has 0 saturated carbocycles. The molecule has 0 heterocycles. The van der Waals surface area contributed by atoms with E-state index in [-0.39, 0.29) is 0 Å². The molecule has 0 bridgehead atoms. The summed E-state index contributed by atoms with van der Waals surface area (Å²) in [7, 11) is 0. The maximum absolute atomic E-state index is 4.54. The number of hydrogen-bond acceptors (Lipinski definition) is 1. The number of benzene rings is 1. The van der Waals surface area contributed by atoms with E-state index >= 15 is 0 Å². The lowest BCUT2D eigenvalue weighted by Gasteiger charge is -2.16. The molecule has 2 rings (SSSR count). The van der Waals surface area contributed by atoms with Gasteiger partial charge in [0.1, 0.15) is 0 Å². The number of nitrogens with zero attached hydrogens (tertiary/aromatic N) is 1. The van der Waals surface area contributed by atoms with E-state index in [0.717, 1.165) is 6.42 Å². The first-order valence-corrected chi connectivity index (χ1v) is 7.46. The van der Waals surface area contributed by atoms with E-state index in [4.69, 9.17) is 0 Å². The lowest BCUT2D eigenvalue weighted by molar-refractivity contribution is 0.772. The van der Waals surface area contributed by atoms with E-state index in [1.54, 1.807) is 0 Å². The van der Waals surface area contributed by atoms with Crippen LogP contribution in [-0.4, -0.2) is 6.21 Å². The minimum Gasteiger partial charge on any atom is -0.266 e. The highest BCUT2D eigenvalue weighted by Gasteiger charge is 2.11. The van der Waals surface area contributed by atoms with Crippen LogP contribution < -0.4 is 0 Å². The van der Waals surface area contributed by atoms with E-state index in [1.165, 1.54) is 47.2 Å². The van der Waals surface area contributed by atoms with Crippen LogP contribution in [-0.2, 0) is 12.8 Å². The third-order valence-corrected chi connectivity index (χ3v) is 3.50. The van der Waals surface area contributed by atoms with E-state index in [9.17, 15) is 0 Å². The average Bonchev–Trinajstić information content (AvgIpc) is 2.41. The summed E-state index contributed by atoms with van der Waals surface area (Å²) in [5.74, 6) is 0. The van der Waals surface area contributed by atoms with Crippen molar-refractivity contribution in [1.29, 1.82) is 0 Å². The zero-order valence-corrected chi connectivity index (χ0v) is 13.1. The molecule has 1 heteroatoms. The molecule has 0 aliphatic heterocycles. The number of fused-ring (bicyclic) bond motifs is 1. The number of aryl methyl sites for hydroxylation is 2. The fourth-order valence-corrected chi connectivity index (χ4v) is 2.49. The third-order valence-electron chi connectivity index (χ3n) is 3.50. The largest absolute Gasteiger partial charge is 0.266 e. The van der Waals surface area contributed by atoms with Crippen molar-refractivity contribution in [1.82, 2.24) is 0 Å². The van der Waals surface area contributed by atoms with E-state index in [0.29, 0.717) is 0 Å². The fraction of sp³-hybridized carbons (Fsp3) is 0.500. The van der Waals surface area contributed by atoms with Gasteiger partial charge in [-0.3, -0.25) is 4.99 Å². The Morgan fingerprint density at radius 3 is 2.47 bits per heavy atom. The number of rotatable bonds is 1. The van der Waals surface area contributed by atoms with Crippen molar-refractivity contribution in [2.75, 3.05) is 0 Å². The molecule has 104 valence electrons. The molecule has 19 heavy (non-hydrogen) atoms. The topological polar surface area (TPSA) is 12.4 Å². The maximum Gasteiger partial charge on any atom is 0.0432 e. The molecule has 0 N–H and O–H groups in total. The summed E-state index contributed by atoms with van der Waals surface area (Å²) in [6, 6.07) is 6.82. The van der Waals surface area contributed by atoms with Gasteiger partial charge in [0.05, 0.1) is 0 Å². The molecule has 1 aliphatic rings. The Morgan fingerprint density at radius 1 is 1.05 bits per heavy atom. The minimum atomic E-state index is 0.992. The SMILES string of the molecule is CC.CC=N/C1=C(\C)CCCc2cc(C)ccc2C1. The minimum absolute atomic E-state index is 0.992. The van der Waals surface area contributed by atoms with Crippen molar-refractivity contribution >= 4 is 6.21 Å². The molecule has 0 radical (unpaired) electrons. The van der Waals surface area contributed by atoms with Crippen molar-refractivity contribution in [2.45, 2.75) is 60.3 Å². The van der Waals surface area contributed by atoms with Crippen molar-refractivity contribution in [3.05, 3.63) is 46.2 Å². The van der Waals surface area contributed by atoms with Crippen molar-refractivity contribution in [2.24, 2.45) is 4.99 Å². The quantitative estimate of drug-likeness (QED) is 0.608. The number of allylic oxidation sites excluding steroid dienone is 2. The number of hydrogen-bond donors (Lipinski definition) is 0. The Labute approximate surface area is 118 Å². The molecular weight excluding hydrogens is 230 g/mol. The van der Waals surface area contributed by atoms with Gasteiger partial charge in [-0.25, -0.2) is 0 Å². The van der Waals surface area contributed by atoms with Crippen LogP contribution in [0.3, 0.4) is 0 Å². The van der Waals surface area contributed by atoms with Crippen LogP contribution in [0.25, 0.3) is 0 Å². The summed E-state index contributed by atoms with van der Waals surface area (Å²) in [6.07, 6.45) is 6.53. The maximum atomic E-state index is 4.54. The molecule has 1 aromatic carbocycles. The van der Waals surface area contributed by atoms with Gasteiger partial charge in [-0.05, 0) is 51.2 Å². The molecule has 1 aromatic rings. The first kappa shape index (κ1) is 15.7. The predicted molar refractivity (Wildman–Crippen MR) is 86.0 cm³/mol. The van der Waals surface area contributed by atoms with Gasteiger partial charge < -0.3 is 0 Å². The van der Waals surface area contributed by atoms with Gasteiger partial charge in [0.2, 0.25) is 0 Å². The van der Waals surface area contributed by atoms with Crippen molar-refractivity contribution in [3.8, 4) is 0 Å². The second kappa shape index (κ2) is 7.93. The summed E-state index contributed by atoms with van der Waals surface area (Å²) >= 11 is 0. The van der Waals surface area contributed by atoms with Crippen LogP contribution in [0.15, 0.2) is 34.5 Å². The van der Waals surface area contributed by atoms with Gasteiger partial charge in [-0.1, -0.05) is 43.2 Å². The highest BCUT2D eigenvalue weighted by molar-refractivity contribution is 5.56. The lowest BCUT2D eigenvalue weighted by atomic mass is 9.91. The molecule has 0 saturated heterocycles. The van der Waals surface area contributed by atoms with Gasteiger partial charge in [-0.15, -0.1) is 0 Å². The normalized spacial score (nSPS) is 19.2. The summed E-state index contributed by atoms with van der Waals surface area (Å²) in [6.45, 7) is 10.4. The van der Waals surface area contributed by atoms with Crippen molar-refractivity contribution < 1.29 is 0 Å². The molecule has 0 unspecified atom stereocenters.